The molecule has 2 heterocycles. The molecule has 0 aliphatic carbocycles. The average molecular weight is 283 g/mol. The smallest absolute Gasteiger partial charge is 0.123 e. The standard InChI is InChI=1S/C18H25N3/c1-20-10-6-7-15-13-16(8-9-17(15)20)18(14-19)21-11-4-2-3-5-12-21/h8-9,13,18H,2-7,10-12H2,1H3. The van der Waals surface area contributed by atoms with Gasteiger partial charge in [0.1, 0.15) is 6.04 Å². The van der Waals surface area contributed by atoms with Gasteiger partial charge >= 0.3 is 0 Å². The van der Waals surface area contributed by atoms with Crippen LogP contribution in [0, 0.1) is 11.3 Å². The van der Waals surface area contributed by atoms with Crippen molar-refractivity contribution in [2.45, 2.75) is 44.6 Å². The lowest BCUT2D eigenvalue weighted by molar-refractivity contribution is 0.245. The van der Waals surface area contributed by atoms with E-state index in [9.17, 15) is 5.26 Å². The van der Waals surface area contributed by atoms with Gasteiger partial charge in [-0.3, -0.25) is 4.90 Å². The maximum atomic E-state index is 9.68. The molecule has 21 heavy (non-hydrogen) atoms. The van der Waals surface area contributed by atoms with Crippen LogP contribution < -0.4 is 4.90 Å². The summed E-state index contributed by atoms with van der Waals surface area (Å²) in [5.74, 6) is 0. The van der Waals surface area contributed by atoms with Crippen molar-refractivity contribution in [3.8, 4) is 6.07 Å². The summed E-state index contributed by atoms with van der Waals surface area (Å²) in [5, 5.41) is 9.68. The normalized spacial score (nSPS) is 21.2. The fraction of sp³-hybridized carbons (Fsp3) is 0.611. The Morgan fingerprint density at radius 1 is 1.05 bits per heavy atom. The lowest BCUT2D eigenvalue weighted by Gasteiger charge is -2.30. The van der Waals surface area contributed by atoms with Crippen LogP contribution in [-0.2, 0) is 6.42 Å². The minimum Gasteiger partial charge on any atom is -0.374 e. The topological polar surface area (TPSA) is 30.3 Å². The number of anilines is 1. The molecule has 0 radical (unpaired) electrons. The maximum absolute atomic E-state index is 9.68. The van der Waals surface area contributed by atoms with Crippen LogP contribution in [0.5, 0.6) is 0 Å². The van der Waals surface area contributed by atoms with Gasteiger partial charge in [-0.2, -0.15) is 5.26 Å². The first kappa shape index (κ1) is 14.4. The Bertz CT molecular complexity index is 524. The summed E-state index contributed by atoms with van der Waals surface area (Å²) in [6, 6.07) is 9.14. The SMILES string of the molecule is CN1CCCc2cc(C(C#N)N3CCCCCC3)ccc21. The first-order chi connectivity index (χ1) is 10.3. The zero-order valence-corrected chi connectivity index (χ0v) is 13.0. The van der Waals surface area contributed by atoms with Crippen molar-refractivity contribution in [1.29, 1.82) is 5.26 Å². The van der Waals surface area contributed by atoms with Gasteiger partial charge in [0.05, 0.1) is 6.07 Å². The van der Waals surface area contributed by atoms with E-state index >= 15 is 0 Å². The highest BCUT2D eigenvalue weighted by atomic mass is 15.2. The summed E-state index contributed by atoms with van der Waals surface area (Å²) < 4.78 is 0. The number of aryl methyl sites for hydroxylation is 1. The number of benzene rings is 1. The average Bonchev–Trinajstić information content (AvgIpc) is 2.78. The van der Waals surface area contributed by atoms with Crippen LogP contribution in [0.2, 0.25) is 0 Å². The largest absolute Gasteiger partial charge is 0.374 e. The van der Waals surface area contributed by atoms with Crippen LogP contribution in [0.1, 0.15) is 49.3 Å². The highest BCUT2D eigenvalue weighted by Crippen LogP contribution is 2.31. The highest BCUT2D eigenvalue weighted by molar-refractivity contribution is 5.56. The fourth-order valence-corrected chi connectivity index (χ4v) is 3.70. The van der Waals surface area contributed by atoms with E-state index in [4.69, 9.17) is 0 Å². The summed E-state index contributed by atoms with van der Waals surface area (Å²) >= 11 is 0. The molecule has 1 unspecified atom stereocenters. The molecule has 3 rings (SSSR count). The second kappa shape index (κ2) is 6.49. The van der Waals surface area contributed by atoms with Gasteiger partial charge in [-0.05, 0) is 56.0 Å². The Balaban J connectivity index is 1.85. The van der Waals surface area contributed by atoms with Crippen molar-refractivity contribution in [3.05, 3.63) is 29.3 Å². The van der Waals surface area contributed by atoms with E-state index in [2.05, 4.69) is 41.1 Å². The number of likely N-dealkylation sites (tertiary alicyclic amines) is 1. The Hall–Kier alpha value is -1.53. The van der Waals surface area contributed by atoms with E-state index < -0.39 is 0 Å². The number of hydrogen-bond acceptors (Lipinski definition) is 3. The minimum absolute atomic E-state index is 0.0689. The van der Waals surface area contributed by atoms with Crippen LogP contribution >= 0.6 is 0 Å². The Kier molecular flexibility index (Phi) is 4.45. The van der Waals surface area contributed by atoms with Crippen molar-refractivity contribution in [2.24, 2.45) is 0 Å². The van der Waals surface area contributed by atoms with Gasteiger partial charge in [0.25, 0.3) is 0 Å². The molecule has 0 amide bonds. The van der Waals surface area contributed by atoms with E-state index in [1.54, 1.807) is 0 Å². The van der Waals surface area contributed by atoms with E-state index in [0.717, 1.165) is 26.1 Å². The van der Waals surface area contributed by atoms with Gasteiger partial charge in [0.15, 0.2) is 0 Å². The van der Waals surface area contributed by atoms with Gasteiger partial charge in [-0.1, -0.05) is 25.0 Å². The summed E-state index contributed by atoms with van der Waals surface area (Å²) in [7, 11) is 2.16. The monoisotopic (exact) mass is 283 g/mol. The number of nitriles is 1. The predicted octanol–water partition coefficient (Wildman–Crippen LogP) is 3.51. The van der Waals surface area contributed by atoms with Gasteiger partial charge in [0, 0.05) is 19.3 Å². The predicted molar refractivity (Wildman–Crippen MR) is 86.4 cm³/mol. The molecule has 1 atom stereocenters. The van der Waals surface area contributed by atoms with Crippen molar-refractivity contribution < 1.29 is 0 Å². The molecule has 0 bridgehead atoms. The quantitative estimate of drug-likeness (QED) is 0.832. The first-order valence-corrected chi connectivity index (χ1v) is 8.27. The number of hydrogen-bond donors (Lipinski definition) is 0. The lowest BCUT2D eigenvalue weighted by Crippen LogP contribution is -2.29. The summed E-state index contributed by atoms with van der Waals surface area (Å²) in [5.41, 5.74) is 3.95. The van der Waals surface area contributed by atoms with Gasteiger partial charge in [-0.15, -0.1) is 0 Å². The molecular weight excluding hydrogens is 258 g/mol. The third-order valence-corrected chi connectivity index (χ3v) is 4.90. The van der Waals surface area contributed by atoms with Crippen molar-refractivity contribution in [1.82, 2.24) is 4.90 Å². The van der Waals surface area contributed by atoms with Crippen LogP contribution in [0.25, 0.3) is 0 Å². The second-order valence-corrected chi connectivity index (χ2v) is 6.40. The number of rotatable bonds is 2. The fourth-order valence-electron chi connectivity index (χ4n) is 3.70. The Labute approximate surface area is 128 Å². The first-order valence-electron chi connectivity index (χ1n) is 8.27. The van der Waals surface area contributed by atoms with Crippen LogP contribution in [0.15, 0.2) is 18.2 Å². The molecule has 0 spiro atoms. The van der Waals surface area contributed by atoms with E-state index in [-0.39, 0.29) is 6.04 Å². The van der Waals surface area contributed by atoms with Crippen LogP contribution in [0.3, 0.4) is 0 Å². The van der Waals surface area contributed by atoms with Crippen LogP contribution in [0.4, 0.5) is 5.69 Å². The molecule has 1 fully saturated rings. The third kappa shape index (κ3) is 3.06. The minimum atomic E-state index is -0.0689. The lowest BCUT2D eigenvalue weighted by atomic mass is 9.96. The maximum Gasteiger partial charge on any atom is 0.123 e. The zero-order valence-electron chi connectivity index (χ0n) is 13.0. The van der Waals surface area contributed by atoms with Gasteiger partial charge in [0.2, 0.25) is 0 Å². The third-order valence-electron chi connectivity index (χ3n) is 4.90. The zero-order chi connectivity index (χ0) is 14.7. The molecule has 1 aromatic carbocycles. The molecule has 1 saturated heterocycles. The molecule has 3 nitrogen and oxygen atoms in total. The molecule has 3 heteroatoms. The molecule has 1 aromatic rings. The molecule has 2 aliphatic rings. The van der Waals surface area contributed by atoms with E-state index in [1.165, 1.54) is 48.9 Å². The Morgan fingerprint density at radius 3 is 2.52 bits per heavy atom. The molecule has 0 saturated carbocycles. The van der Waals surface area contributed by atoms with E-state index in [1.807, 2.05) is 0 Å². The summed E-state index contributed by atoms with van der Waals surface area (Å²) in [6.45, 7) is 3.27. The molecule has 0 aromatic heterocycles. The van der Waals surface area contributed by atoms with Gasteiger partial charge < -0.3 is 4.90 Å². The van der Waals surface area contributed by atoms with Crippen LogP contribution in [-0.4, -0.2) is 31.6 Å². The summed E-state index contributed by atoms with van der Waals surface area (Å²) in [6.07, 6.45) is 7.44. The summed E-state index contributed by atoms with van der Waals surface area (Å²) in [4.78, 5) is 4.71. The van der Waals surface area contributed by atoms with Gasteiger partial charge in [-0.25, -0.2) is 0 Å². The van der Waals surface area contributed by atoms with Crippen molar-refractivity contribution in [2.75, 3.05) is 31.6 Å². The number of fused-ring (bicyclic) bond motifs is 1. The molecular formula is C18H25N3. The highest BCUT2D eigenvalue weighted by Gasteiger charge is 2.23. The molecule has 112 valence electrons. The van der Waals surface area contributed by atoms with Crippen molar-refractivity contribution in [3.63, 3.8) is 0 Å². The second-order valence-electron chi connectivity index (χ2n) is 6.40. The van der Waals surface area contributed by atoms with Crippen molar-refractivity contribution >= 4 is 5.69 Å². The number of nitrogens with zero attached hydrogens (tertiary/aromatic N) is 3. The van der Waals surface area contributed by atoms with E-state index in [0.29, 0.717) is 0 Å². The molecule has 2 aliphatic heterocycles. The molecule has 0 N–H and O–H groups in total. The Morgan fingerprint density at radius 2 is 1.81 bits per heavy atom.